The smallest absolute Gasteiger partial charge is 0.193 e. The Hall–Kier alpha value is -1.14. The Kier molecular flexibility index (Phi) is 8.15. The van der Waals surface area contributed by atoms with Crippen LogP contribution in [0.3, 0.4) is 0 Å². The van der Waals surface area contributed by atoms with Gasteiger partial charge >= 0.3 is 0 Å². The third-order valence-electron chi connectivity index (χ3n) is 6.55. The average molecular weight is 406 g/mol. The number of guanidine groups is 1. The molecule has 3 rings (SSSR count). The molecule has 0 radical (unpaired) electrons. The Balaban J connectivity index is 1.36. The van der Waals surface area contributed by atoms with E-state index in [1.807, 2.05) is 7.05 Å². The fourth-order valence-corrected chi connectivity index (χ4v) is 5.27. The van der Waals surface area contributed by atoms with E-state index in [4.69, 9.17) is 0 Å². The lowest BCUT2D eigenvalue weighted by Crippen LogP contribution is -2.45. The fraction of sp³-hybridized carbons (Fsp3) is 0.818. The van der Waals surface area contributed by atoms with Crippen LogP contribution in [0.5, 0.6) is 0 Å². The first-order valence-electron chi connectivity index (χ1n) is 11.1. The molecule has 0 bridgehead atoms. The minimum Gasteiger partial charge on any atom is -0.356 e. The molecule has 1 N–H and O–H groups in total. The molecule has 0 atom stereocenters. The third kappa shape index (κ3) is 6.45. The predicted octanol–water partition coefficient (Wildman–Crippen LogP) is 4.00. The van der Waals surface area contributed by atoms with Crippen molar-refractivity contribution in [2.45, 2.75) is 58.9 Å². The zero-order valence-corrected chi connectivity index (χ0v) is 19.1. The maximum absolute atomic E-state index is 4.61. The molecule has 28 heavy (non-hydrogen) atoms. The monoisotopic (exact) mass is 405 g/mol. The number of aliphatic imine (C=N–C) groups is 1. The Morgan fingerprint density at radius 3 is 2.54 bits per heavy atom. The van der Waals surface area contributed by atoms with Crippen LogP contribution in [0.4, 0.5) is 0 Å². The number of rotatable bonds is 6. The Labute approximate surface area is 175 Å². The number of nitrogens with one attached hydrogen (secondary N) is 1. The van der Waals surface area contributed by atoms with Gasteiger partial charge in [-0.3, -0.25) is 9.89 Å². The number of aromatic nitrogens is 1. The van der Waals surface area contributed by atoms with Crippen molar-refractivity contribution in [1.82, 2.24) is 20.1 Å². The lowest BCUT2D eigenvalue weighted by molar-refractivity contribution is 0.176. The molecule has 158 valence electrons. The van der Waals surface area contributed by atoms with Gasteiger partial charge in [-0.1, -0.05) is 19.8 Å². The van der Waals surface area contributed by atoms with Gasteiger partial charge in [0.05, 0.1) is 10.7 Å². The van der Waals surface area contributed by atoms with Crippen molar-refractivity contribution in [3.63, 3.8) is 0 Å². The summed E-state index contributed by atoms with van der Waals surface area (Å²) in [4.78, 5) is 14.0. The van der Waals surface area contributed by atoms with Gasteiger partial charge in [0.2, 0.25) is 0 Å². The maximum atomic E-state index is 4.61. The second kappa shape index (κ2) is 10.6. The first-order chi connectivity index (χ1) is 13.5. The first-order valence-corrected chi connectivity index (χ1v) is 12.0. The maximum Gasteiger partial charge on any atom is 0.193 e. The Morgan fingerprint density at radius 1 is 1.21 bits per heavy atom. The lowest BCUT2D eigenvalue weighted by Gasteiger charge is -2.34. The van der Waals surface area contributed by atoms with Crippen LogP contribution in [0.15, 0.2) is 10.4 Å². The molecular formula is C22H39N5S. The summed E-state index contributed by atoms with van der Waals surface area (Å²) in [5, 5.41) is 7.03. The lowest BCUT2D eigenvalue weighted by atomic mass is 9.83. The SMILES string of the molecule is CN=C(NCC1CCN(Cc2csc(C)n2)CC1)N(C)CC1CCC(C)CC1. The van der Waals surface area contributed by atoms with E-state index in [9.17, 15) is 0 Å². The van der Waals surface area contributed by atoms with Gasteiger partial charge in [0, 0.05) is 39.1 Å². The fourth-order valence-electron chi connectivity index (χ4n) is 4.66. The van der Waals surface area contributed by atoms with Crippen molar-refractivity contribution in [3.8, 4) is 0 Å². The van der Waals surface area contributed by atoms with Gasteiger partial charge in [-0.15, -0.1) is 11.3 Å². The average Bonchev–Trinajstić information content (AvgIpc) is 3.10. The van der Waals surface area contributed by atoms with Crippen molar-refractivity contribution in [3.05, 3.63) is 16.1 Å². The summed E-state index contributed by atoms with van der Waals surface area (Å²) in [7, 11) is 4.12. The molecule has 1 aromatic heterocycles. The predicted molar refractivity (Wildman–Crippen MR) is 120 cm³/mol. The standard InChI is InChI=1S/C22H39N5S/c1-17-5-7-20(8-6-17)14-26(4)22(23-3)24-13-19-9-11-27(12-10-19)15-21-16-28-18(2)25-21/h16-17,19-20H,5-15H2,1-4H3,(H,23,24). The number of aryl methyl sites for hydroxylation is 1. The molecule has 2 heterocycles. The minimum atomic E-state index is 0.745. The molecule has 1 aliphatic carbocycles. The van der Waals surface area contributed by atoms with Crippen LogP contribution in [0.2, 0.25) is 0 Å². The highest BCUT2D eigenvalue weighted by molar-refractivity contribution is 7.09. The van der Waals surface area contributed by atoms with Crippen LogP contribution in [0.1, 0.15) is 56.2 Å². The molecule has 6 heteroatoms. The molecule has 0 aromatic carbocycles. The van der Waals surface area contributed by atoms with Crippen molar-refractivity contribution in [2.24, 2.45) is 22.7 Å². The van der Waals surface area contributed by atoms with Gasteiger partial charge in [-0.05, 0) is 63.5 Å². The van der Waals surface area contributed by atoms with E-state index < -0.39 is 0 Å². The molecule has 0 unspecified atom stereocenters. The number of likely N-dealkylation sites (tertiary alicyclic amines) is 1. The number of hydrogen-bond donors (Lipinski definition) is 1. The van der Waals surface area contributed by atoms with Gasteiger partial charge in [0.15, 0.2) is 5.96 Å². The summed E-state index contributed by atoms with van der Waals surface area (Å²) in [6.07, 6.45) is 8.06. The summed E-state index contributed by atoms with van der Waals surface area (Å²) in [6, 6.07) is 0. The van der Waals surface area contributed by atoms with Crippen LogP contribution < -0.4 is 5.32 Å². The second-order valence-corrected chi connectivity index (χ2v) is 10.1. The van der Waals surface area contributed by atoms with Crippen LogP contribution in [-0.4, -0.2) is 61.0 Å². The van der Waals surface area contributed by atoms with E-state index in [1.54, 1.807) is 11.3 Å². The van der Waals surface area contributed by atoms with Crippen LogP contribution >= 0.6 is 11.3 Å². The molecule has 0 spiro atoms. The number of piperidine rings is 1. The molecule has 2 aliphatic rings. The number of hydrogen-bond acceptors (Lipinski definition) is 4. The normalized spacial score (nSPS) is 25.1. The summed E-state index contributed by atoms with van der Waals surface area (Å²) in [5.74, 6) is 3.56. The van der Waals surface area contributed by atoms with E-state index in [0.717, 1.165) is 43.3 Å². The van der Waals surface area contributed by atoms with E-state index in [2.05, 4.69) is 51.4 Å². The van der Waals surface area contributed by atoms with Crippen molar-refractivity contribution >= 4 is 17.3 Å². The van der Waals surface area contributed by atoms with Gasteiger partial charge in [0.1, 0.15) is 0 Å². The zero-order chi connectivity index (χ0) is 19.9. The van der Waals surface area contributed by atoms with E-state index in [0.29, 0.717) is 0 Å². The molecular weight excluding hydrogens is 366 g/mol. The highest BCUT2D eigenvalue weighted by Crippen LogP contribution is 2.28. The summed E-state index contributed by atoms with van der Waals surface area (Å²) in [5.41, 5.74) is 1.23. The van der Waals surface area contributed by atoms with Crippen LogP contribution in [0.25, 0.3) is 0 Å². The van der Waals surface area contributed by atoms with Gasteiger partial charge in [-0.25, -0.2) is 4.98 Å². The summed E-state index contributed by atoms with van der Waals surface area (Å²) < 4.78 is 0. The van der Waals surface area contributed by atoms with Gasteiger partial charge in [-0.2, -0.15) is 0 Å². The van der Waals surface area contributed by atoms with E-state index in [1.165, 1.54) is 62.3 Å². The highest BCUT2D eigenvalue weighted by Gasteiger charge is 2.22. The summed E-state index contributed by atoms with van der Waals surface area (Å²) in [6.45, 7) is 10.0. The molecule has 1 saturated heterocycles. The number of thiazole rings is 1. The third-order valence-corrected chi connectivity index (χ3v) is 7.37. The number of nitrogens with zero attached hydrogens (tertiary/aromatic N) is 4. The molecule has 5 nitrogen and oxygen atoms in total. The summed E-state index contributed by atoms with van der Waals surface area (Å²) >= 11 is 1.76. The van der Waals surface area contributed by atoms with Crippen LogP contribution in [0, 0.1) is 24.7 Å². The Bertz CT molecular complexity index is 612. The van der Waals surface area contributed by atoms with Gasteiger partial charge < -0.3 is 10.2 Å². The molecule has 1 aromatic rings. The van der Waals surface area contributed by atoms with Crippen molar-refractivity contribution < 1.29 is 0 Å². The van der Waals surface area contributed by atoms with Crippen molar-refractivity contribution in [1.29, 1.82) is 0 Å². The van der Waals surface area contributed by atoms with Crippen molar-refractivity contribution in [2.75, 3.05) is 40.3 Å². The highest BCUT2D eigenvalue weighted by atomic mass is 32.1. The Morgan fingerprint density at radius 2 is 1.93 bits per heavy atom. The first kappa shape index (κ1) is 21.6. The van der Waals surface area contributed by atoms with Gasteiger partial charge in [0.25, 0.3) is 0 Å². The minimum absolute atomic E-state index is 0.745. The quantitative estimate of drug-likeness (QED) is 0.574. The topological polar surface area (TPSA) is 43.8 Å². The molecule has 1 aliphatic heterocycles. The van der Waals surface area contributed by atoms with E-state index in [-0.39, 0.29) is 0 Å². The molecule has 0 amide bonds. The van der Waals surface area contributed by atoms with E-state index >= 15 is 0 Å². The van der Waals surface area contributed by atoms with Crippen LogP contribution in [-0.2, 0) is 6.54 Å². The molecule has 1 saturated carbocycles. The largest absolute Gasteiger partial charge is 0.356 e. The zero-order valence-electron chi connectivity index (χ0n) is 18.3. The molecule has 2 fully saturated rings. The second-order valence-electron chi connectivity index (χ2n) is 9.01.